The van der Waals surface area contributed by atoms with Gasteiger partial charge in [0.05, 0.1) is 12.9 Å². The first-order valence-electron chi connectivity index (χ1n) is 10.6. The Hall–Kier alpha value is -3.25. The number of rotatable bonds is 5. The Morgan fingerprint density at radius 1 is 0.812 bits per heavy atom. The lowest BCUT2D eigenvalue weighted by molar-refractivity contribution is 0.514. The molecular weight excluding hydrogens is 418 g/mol. The summed E-state index contributed by atoms with van der Waals surface area (Å²) < 4.78 is 26.8. The number of nitrogens with zero attached hydrogens (tertiary/aromatic N) is 3. The van der Waals surface area contributed by atoms with Crippen LogP contribution in [0.1, 0.15) is 16.7 Å². The highest BCUT2D eigenvalue weighted by Crippen LogP contribution is 2.36. The highest BCUT2D eigenvalue weighted by molar-refractivity contribution is 7.88. The van der Waals surface area contributed by atoms with Gasteiger partial charge < -0.3 is 9.80 Å². The minimum absolute atomic E-state index is 0.540. The van der Waals surface area contributed by atoms with Crippen molar-refractivity contribution in [3.63, 3.8) is 0 Å². The van der Waals surface area contributed by atoms with Gasteiger partial charge >= 0.3 is 0 Å². The second-order valence-corrected chi connectivity index (χ2v) is 10.4. The number of hydrogen-bond acceptors (Lipinski definition) is 4. The molecule has 166 valence electrons. The van der Waals surface area contributed by atoms with E-state index in [2.05, 4.69) is 47.1 Å². The van der Waals surface area contributed by atoms with Crippen molar-refractivity contribution < 1.29 is 8.42 Å². The van der Waals surface area contributed by atoms with E-state index in [-0.39, 0.29) is 0 Å². The summed E-state index contributed by atoms with van der Waals surface area (Å²) in [6.45, 7) is 5.28. The van der Waals surface area contributed by atoms with Gasteiger partial charge in [0.2, 0.25) is 10.0 Å². The molecule has 0 spiro atoms. The minimum atomic E-state index is -3.47. The van der Waals surface area contributed by atoms with Crippen molar-refractivity contribution in [2.75, 3.05) is 36.3 Å². The largest absolute Gasteiger partial charge is 0.349 e. The number of sulfonamides is 1. The number of aryl methyl sites for hydroxylation is 2. The van der Waals surface area contributed by atoms with E-state index >= 15 is 0 Å². The quantitative estimate of drug-likeness (QED) is 0.561. The summed E-state index contributed by atoms with van der Waals surface area (Å²) in [5, 5.41) is 0. The minimum Gasteiger partial charge on any atom is -0.349 e. The molecule has 32 heavy (non-hydrogen) atoms. The molecule has 1 heterocycles. The fraction of sp³-hybridized carbons (Fsp3) is 0.231. The fourth-order valence-electron chi connectivity index (χ4n) is 4.09. The molecule has 1 aliphatic rings. The third kappa shape index (κ3) is 4.50. The highest BCUT2D eigenvalue weighted by atomic mass is 32.2. The van der Waals surface area contributed by atoms with Crippen LogP contribution >= 0.6 is 0 Å². The Labute approximate surface area is 191 Å². The topological polar surface area (TPSA) is 43.9 Å². The van der Waals surface area contributed by atoms with Crippen LogP contribution in [0.25, 0.3) is 5.57 Å². The Morgan fingerprint density at radius 3 is 2.00 bits per heavy atom. The van der Waals surface area contributed by atoms with E-state index in [9.17, 15) is 8.42 Å². The molecule has 0 amide bonds. The van der Waals surface area contributed by atoms with Gasteiger partial charge in [-0.15, -0.1) is 0 Å². The summed E-state index contributed by atoms with van der Waals surface area (Å²) in [5.41, 5.74) is 6.35. The lowest BCUT2D eigenvalue weighted by Gasteiger charge is -2.43. The lowest BCUT2D eigenvalue weighted by atomic mass is 10.0. The SMILES string of the molecule is Cc1cccc(N2CC(c3ccccc3)=C(N(C)S(C)(=O)=O)N(c3cccc(C)c3)C2)c1. The molecule has 0 fully saturated rings. The first-order valence-corrected chi connectivity index (χ1v) is 12.5. The molecule has 4 rings (SSSR count). The Morgan fingerprint density at radius 2 is 1.41 bits per heavy atom. The third-order valence-corrected chi connectivity index (χ3v) is 6.95. The molecule has 6 heteroatoms. The van der Waals surface area contributed by atoms with E-state index in [1.54, 1.807) is 7.05 Å². The molecule has 0 radical (unpaired) electrons. The Balaban J connectivity index is 1.96. The molecule has 0 N–H and O–H groups in total. The first-order chi connectivity index (χ1) is 15.2. The predicted octanol–water partition coefficient (Wildman–Crippen LogP) is 4.85. The monoisotopic (exact) mass is 447 g/mol. The molecule has 0 unspecified atom stereocenters. The van der Waals surface area contributed by atoms with Crippen LogP contribution in [-0.2, 0) is 10.0 Å². The molecule has 0 saturated heterocycles. The zero-order valence-corrected chi connectivity index (χ0v) is 19.8. The second kappa shape index (κ2) is 8.71. The van der Waals surface area contributed by atoms with Crippen LogP contribution in [-0.4, -0.2) is 39.2 Å². The normalized spacial score (nSPS) is 14.6. The van der Waals surface area contributed by atoms with E-state index in [1.807, 2.05) is 55.5 Å². The Kier molecular flexibility index (Phi) is 5.98. The average molecular weight is 448 g/mol. The van der Waals surface area contributed by atoms with Crippen molar-refractivity contribution in [1.29, 1.82) is 0 Å². The second-order valence-electron chi connectivity index (χ2n) is 8.34. The molecule has 3 aromatic carbocycles. The maximum Gasteiger partial charge on any atom is 0.233 e. The smallest absolute Gasteiger partial charge is 0.233 e. The first kappa shape index (κ1) is 22.0. The van der Waals surface area contributed by atoms with Crippen molar-refractivity contribution in [3.8, 4) is 0 Å². The van der Waals surface area contributed by atoms with Gasteiger partial charge in [0, 0.05) is 30.5 Å². The number of anilines is 2. The molecule has 5 nitrogen and oxygen atoms in total. The Bertz CT molecular complexity index is 1250. The molecule has 0 atom stereocenters. The van der Waals surface area contributed by atoms with Crippen LogP contribution in [0.4, 0.5) is 11.4 Å². The van der Waals surface area contributed by atoms with Crippen LogP contribution in [0.15, 0.2) is 84.7 Å². The van der Waals surface area contributed by atoms with Gasteiger partial charge in [-0.05, 0) is 54.8 Å². The molecule has 0 bridgehead atoms. The van der Waals surface area contributed by atoms with Crippen molar-refractivity contribution >= 4 is 27.0 Å². The molecule has 3 aromatic rings. The molecule has 0 aliphatic carbocycles. The van der Waals surface area contributed by atoms with Crippen LogP contribution < -0.4 is 9.80 Å². The predicted molar refractivity (Wildman–Crippen MR) is 133 cm³/mol. The van der Waals surface area contributed by atoms with Gasteiger partial charge in [0.25, 0.3) is 0 Å². The maximum absolute atomic E-state index is 12.7. The zero-order valence-electron chi connectivity index (χ0n) is 19.0. The maximum atomic E-state index is 12.7. The third-order valence-electron chi connectivity index (χ3n) is 5.78. The van der Waals surface area contributed by atoms with E-state index in [0.29, 0.717) is 19.0 Å². The molecule has 1 aliphatic heterocycles. The summed E-state index contributed by atoms with van der Waals surface area (Å²) in [6, 6.07) is 26.6. The summed E-state index contributed by atoms with van der Waals surface area (Å²) in [7, 11) is -1.83. The van der Waals surface area contributed by atoms with Crippen LogP contribution in [0.5, 0.6) is 0 Å². The van der Waals surface area contributed by atoms with Crippen molar-refractivity contribution in [1.82, 2.24) is 4.31 Å². The summed E-state index contributed by atoms with van der Waals surface area (Å²) in [4.78, 5) is 4.39. The highest BCUT2D eigenvalue weighted by Gasteiger charge is 2.32. The van der Waals surface area contributed by atoms with Gasteiger partial charge in [0.15, 0.2) is 0 Å². The van der Waals surface area contributed by atoms with E-state index in [1.165, 1.54) is 16.1 Å². The van der Waals surface area contributed by atoms with Crippen LogP contribution in [0, 0.1) is 13.8 Å². The zero-order chi connectivity index (χ0) is 22.9. The van der Waals surface area contributed by atoms with Gasteiger partial charge in [0.1, 0.15) is 5.82 Å². The van der Waals surface area contributed by atoms with E-state index in [0.717, 1.165) is 28.1 Å². The van der Waals surface area contributed by atoms with Gasteiger partial charge in [-0.1, -0.05) is 54.6 Å². The number of benzene rings is 3. The number of hydrogen-bond donors (Lipinski definition) is 0. The van der Waals surface area contributed by atoms with Gasteiger partial charge in [-0.2, -0.15) is 0 Å². The van der Waals surface area contributed by atoms with Crippen molar-refractivity contribution in [3.05, 3.63) is 101 Å². The van der Waals surface area contributed by atoms with E-state index < -0.39 is 10.0 Å². The van der Waals surface area contributed by atoms with Crippen LogP contribution in [0.2, 0.25) is 0 Å². The van der Waals surface area contributed by atoms with Crippen LogP contribution in [0.3, 0.4) is 0 Å². The summed E-state index contributed by atoms with van der Waals surface area (Å²) in [6.07, 6.45) is 1.25. The van der Waals surface area contributed by atoms with Gasteiger partial charge in [-0.25, -0.2) is 8.42 Å². The lowest BCUT2D eigenvalue weighted by Crippen LogP contribution is -2.49. The van der Waals surface area contributed by atoms with Crippen molar-refractivity contribution in [2.24, 2.45) is 0 Å². The van der Waals surface area contributed by atoms with Crippen molar-refractivity contribution in [2.45, 2.75) is 13.8 Å². The molecule has 0 aromatic heterocycles. The van der Waals surface area contributed by atoms with E-state index in [4.69, 9.17) is 0 Å². The summed E-state index contributed by atoms with van der Waals surface area (Å²) in [5.74, 6) is 0.688. The fourth-order valence-corrected chi connectivity index (χ4v) is 4.61. The average Bonchev–Trinajstić information content (AvgIpc) is 2.77. The molecule has 0 saturated carbocycles. The standard InChI is InChI=1S/C26H29N3O2S/c1-20-10-8-14-23(16-20)28-18-25(22-12-6-5-7-13-22)26(27(3)32(4,30)31)29(19-28)24-15-9-11-21(2)17-24/h5-17H,18-19H2,1-4H3. The van der Waals surface area contributed by atoms with Gasteiger partial charge in [-0.3, -0.25) is 4.31 Å². The molecular formula is C26H29N3O2S. The summed E-state index contributed by atoms with van der Waals surface area (Å²) >= 11 is 0.